The molecule has 0 aliphatic carbocycles. The number of halogens is 3. The Morgan fingerprint density at radius 1 is 1.31 bits per heavy atom. The molecule has 1 aromatic rings. The molecule has 1 aromatic heterocycles. The van der Waals surface area contributed by atoms with Crippen LogP contribution in [0.3, 0.4) is 0 Å². The first-order valence-electron chi connectivity index (χ1n) is 4.06. The molecule has 1 rings (SSSR count). The molecule has 0 atom stereocenters. The summed E-state index contributed by atoms with van der Waals surface area (Å²) in [6.45, 7) is 0. The van der Waals surface area contributed by atoms with E-state index in [-0.39, 0.29) is 4.34 Å². The lowest BCUT2D eigenvalue weighted by Crippen LogP contribution is -2.15. The van der Waals surface area contributed by atoms with Crippen molar-refractivity contribution in [3.8, 4) is 0 Å². The summed E-state index contributed by atoms with van der Waals surface area (Å²) in [4.78, 5) is 0. The first-order chi connectivity index (χ1) is 7.47. The number of hydrogen-bond acceptors (Lipinski definition) is 6. The number of nitrogens with zero attached hydrogens (tertiary/aromatic N) is 2. The molecule has 0 aliphatic rings. The first-order valence-corrected chi connectivity index (χ1v) is 5.86. The molecule has 92 valence electrons. The number of alkyl halides is 3. The highest BCUT2D eigenvalue weighted by molar-refractivity contribution is 8.01. The van der Waals surface area contributed by atoms with Gasteiger partial charge in [0.2, 0.25) is 5.01 Å². The van der Waals surface area contributed by atoms with Crippen LogP contribution in [0.5, 0.6) is 0 Å². The molecule has 0 spiro atoms. The lowest BCUT2D eigenvalue weighted by atomic mass is 10.7. The molecular formula is C7H9F3N2O2S2. The maximum absolute atomic E-state index is 12.2. The third-order valence-electron chi connectivity index (χ3n) is 1.52. The van der Waals surface area contributed by atoms with Crippen molar-refractivity contribution >= 4 is 23.1 Å². The van der Waals surface area contributed by atoms with Crippen molar-refractivity contribution in [3.63, 3.8) is 0 Å². The Morgan fingerprint density at radius 2 is 1.94 bits per heavy atom. The van der Waals surface area contributed by atoms with Gasteiger partial charge < -0.3 is 9.47 Å². The fourth-order valence-electron chi connectivity index (χ4n) is 0.754. The molecule has 4 nitrogen and oxygen atoms in total. The molecule has 0 fully saturated rings. The van der Waals surface area contributed by atoms with Crippen LogP contribution in [0.4, 0.5) is 13.2 Å². The zero-order chi connectivity index (χ0) is 12.2. The van der Waals surface area contributed by atoms with Crippen LogP contribution in [-0.4, -0.2) is 36.5 Å². The fraction of sp³-hybridized carbons (Fsp3) is 0.714. The highest BCUT2D eigenvalue weighted by atomic mass is 32.2. The summed E-state index contributed by atoms with van der Waals surface area (Å²) < 4.78 is 46.6. The predicted molar refractivity (Wildman–Crippen MR) is 53.4 cm³/mol. The molecule has 0 radical (unpaired) electrons. The first kappa shape index (κ1) is 13.7. The van der Waals surface area contributed by atoms with E-state index in [0.29, 0.717) is 17.1 Å². The van der Waals surface area contributed by atoms with Crippen molar-refractivity contribution in [3.05, 3.63) is 5.01 Å². The minimum atomic E-state index is -4.43. The summed E-state index contributed by atoms with van der Waals surface area (Å²) in [7, 11) is 2.91. The summed E-state index contributed by atoms with van der Waals surface area (Å²) in [5.41, 5.74) is 0. The van der Waals surface area contributed by atoms with E-state index in [2.05, 4.69) is 10.2 Å². The molecule has 0 aliphatic heterocycles. The quantitative estimate of drug-likeness (QED) is 0.609. The van der Waals surface area contributed by atoms with E-state index >= 15 is 0 Å². The molecule has 0 saturated heterocycles. The molecule has 0 unspecified atom stereocenters. The second-order valence-electron chi connectivity index (χ2n) is 2.58. The van der Waals surface area contributed by atoms with Gasteiger partial charge in [-0.1, -0.05) is 23.1 Å². The van der Waals surface area contributed by atoms with Crippen molar-refractivity contribution in [1.82, 2.24) is 10.2 Å². The molecule has 0 saturated carbocycles. The van der Waals surface area contributed by atoms with Crippen molar-refractivity contribution in [2.45, 2.75) is 16.8 Å². The summed E-state index contributed by atoms with van der Waals surface area (Å²) in [5.74, 6) is 0.361. The summed E-state index contributed by atoms with van der Waals surface area (Å²) in [6, 6.07) is 0. The van der Waals surface area contributed by atoms with E-state index in [0.717, 1.165) is 11.8 Å². The van der Waals surface area contributed by atoms with Crippen LogP contribution in [0, 0.1) is 0 Å². The standard InChI is InChI=1S/C7H9F3N2O2S2/c1-13-4(14-2)3-15-6-12-11-5(16-6)7(8,9)10/h4H,3H2,1-2H3. The van der Waals surface area contributed by atoms with E-state index in [1.54, 1.807) is 0 Å². The summed E-state index contributed by atoms with van der Waals surface area (Å²) >= 11 is 1.62. The number of thioether (sulfide) groups is 1. The van der Waals surface area contributed by atoms with E-state index in [1.165, 1.54) is 14.2 Å². The number of ether oxygens (including phenoxy) is 2. The zero-order valence-electron chi connectivity index (χ0n) is 8.45. The molecule has 16 heavy (non-hydrogen) atoms. The molecule has 9 heteroatoms. The number of methoxy groups -OCH3 is 2. The Labute approximate surface area is 98.2 Å². The Hall–Kier alpha value is -0.380. The maximum atomic E-state index is 12.2. The SMILES string of the molecule is COC(CSc1nnc(C(F)(F)F)s1)OC. The normalized spacial score (nSPS) is 12.4. The fourth-order valence-corrected chi connectivity index (χ4v) is 2.52. The zero-order valence-corrected chi connectivity index (χ0v) is 10.1. The van der Waals surface area contributed by atoms with Crippen molar-refractivity contribution < 1.29 is 22.6 Å². The molecule has 0 aromatic carbocycles. The second kappa shape index (κ2) is 5.80. The van der Waals surface area contributed by atoms with Gasteiger partial charge in [0.25, 0.3) is 0 Å². The van der Waals surface area contributed by atoms with Gasteiger partial charge in [0, 0.05) is 14.2 Å². The molecule has 0 N–H and O–H groups in total. The van der Waals surface area contributed by atoms with Crippen LogP contribution in [0.25, 0.3) is 0 Å². The smallest absolute Gasteiger partial charge is 0.355 e. The average Bonchev–Trinajstić information content (AvgIpc) is 2.67. The van der Waals surface area contributed by atoms with Crippen molar-refractivity contribution in [1.29, 1.82) is 0 Å². The lowest BCUT2D eigenvalue weighted by molar-refractivity contribution is -0.138. The minimum Gasteiger partial charge on any atom is -0.355 e. The second-order valence-corrected chi connectivity index (χ2v) is 4.83. The topological polar surface area (TPSA) is 44.2 Å². The third-order valence-corrected chi connectivity index (χ3v) is 3.65. The number of hydrogen-bond donors (Lipinski definition) is 0. The largest absolute Gasteiger partial charge is 0.445 e. The van der Waals surface area contributed by atoms with Gasteiger partial charge in [-0.3, -0.25) is 0 Å². The van der Waals surface area contributed by atoms with Crippen molar-refractivity contribution in [2.75, 3.05) is 20.0 Å². The van der Waals surface area contributed by atoms with Gasteiger partial charge in [-0.2, -0.15) is 13.2 Å². The average molecular weight is 274 g/mol. The maximum Gasteiger partial charge on any atom is 0.445 e. The van der Waals surface area contributed by atoms with E-state index in [4.69, 9.17) is 9.47 Å². The van der Waals surface area contributed by atoms with Crippen LogP contribution in [0.1, 0.15) is 5.01 Å². The Kier molecular flexibility index (Phi) is 4.96. The monoisotopic (exact) mass is 274 g/mol. The minimum absolute atomic E-state index is 0.242. The van der Waals surface area contributed by atoms with Crippen LogP contribution in [0.2, 0.25) is 0 Å². The van der Waals surface area contributed by atoms with E-state index in [9.17, 15) is 13.2 Å². The van der Waals surface area contributed by atoms with Gasteiger partial charge >= 0.3 is 6.18 Å². The Balaban J connectivity index is 2.53. The van der Waals surface area contributed by atoms with Crippen LogP contribution >= 0.6 is 23.1 Å². The Bertz CT molecular complexity index is 328. The van der Waals surface area contributed by atoms with Gasteiger partial charge in [-0.25, -0.2) is 0 Å². The van der Waals surface area contributed by atoms with Crippen LogP contribution in [0.15, 0.2) is 4.34 Å². The summed E-state index contributed by atoms with van der Waals surface area (Å²) in [6.07, 6.45) is -4.90. The highest BCUT2D eigenvalue weighted by Gasteiger charge is 2.35. The van der Waals surface area contributed by atoms with Gasteiger partial charge in [0.15, 0.2) is 10.6 Å². The van der Waals surface area contributed by atoms with E-state index < -0.39 is 17.5 Å². The number of rotatable bonds is 5. The predicted octanol–water partition coefficient (Wildman–Crippen LogP) is 2.27. The number of aromatic nitrogens is 2. The van der Waals surface area contributed by atoms with Crippen LogP contribution in [-0.2, 0) is 15.7 Å². The van der Waals surface area contributed by atoms with Gasteiger partial charge in [0.05, 0.1) is 5.75 Å². The Morgan fingerprint density at radius 3 is 2.38 bits per heavy atom. The third kappa shape index (κ3) is 3.89. The van der Waals surface area contributed by atoms with Gasteiger partial charge in [-0.05, 0) is 0 Å². The molecule has 1 heterocycles. The van der Waals surface area contributed by atoms with Crippen molar-refractivity contribution in [2.24, 2.45) is 0 Å². The highest BCUT2D eigenvalue weighted by Crippen LogP contribution is 2.34. The lowest BCUT2D eigenvalue weighted by Gasteiger charge is -2.10. The molecule has 0 bridgehead atoms. The van der Waals surface area contributed by atoms with Gasteiger partial charge in [0.1, 0.15) is 0 Å². The molecule has 0 amide bonds. The molecular weight excluding hydrogens is 265 g/mol. The van der Waals surface area contributed by atoms with Crippen LogP contribution < -0.4 is 0 Å². The van der Waals surface area contributed by atoms with Gasteiger partial charge in [-0.15, -0.1) is 10.2 Å². The summed E-state index contributed by atoms with van der Waals surface area (Å²) in [5, 5.41) is 5.54. The van der Waals surface area contributed by atoms with E-state index in [1.807, 2.05) is 0 Å².